The summed E-state index contributed by atoms with van der Waals surface area (Å²) in [5.74, 6) is -0.477. The van der Waals surface area contributed by atoms with Crippen molar-refractivity contribution >= 4 is 38.6 Å². The van der Waals surface area contributed by atoms with E-state index in [0.717, 1.165) is 15.6 Å². The highest BCUT2D eigenvalue weighted by Crippen LogP contribution is 2.30. The van der Waals surface area contributed by atoms with E-state index < -0.39 is 15.8 Å². The minimum absolute atomic E-state index is 0.142. The Balaban J connectivity index is 2.47. The molecule has 2 rings (SSSR count). The van der Waals surface area contributed by atoms with Crippen molar-refractivity contribution in [2.75, 3.05) is 10.8 Å². The largest absolute Gasteiger partial charge is 0.273 e. The lowest BCUT2D eigenvalue weighted by molar-refractivity contribution is 0.593. The maximum Gasteiger partial charge on any atom is 0.273 e. The second-order valence-corrected chi connectivity index (χ2v) is 7.51. The second-order valence-electron chi connectivity index (χ2n) is 3.71. The molecule has 1 heterocycles. The number of sulfonamides is 1. The fraction of sp³-hybridized carbons (Fsp3) is 0.167. The summed E-state index contributed by atoms with van der Waals surface area (Å²) in [4.78, 5) is 0. The monoisotopic (exact) mass is 319 g/mol. The molecule has 0 spiro atoms. The zero-order chi connectivity index (χ0) is 14.0. The van der Waals surface area contributed by atoms with Crippen molar-refractivity contribution in [2.45, 2.75) is 11.1 Å². The van der Waals surface area contributed by atoms with Crippen LogP contribution >= 0.6 is 22.9 Å². The quantitative estimate of drug-likeness (QED) is 0.860. The number of rotatable bonds is 4. The van der Waals surface area contributed by atoms with Gasteiger partial charge in [0.15, 0.2) is 0 Å². The highest BCUT2D eigenvalue weighted by atomic mass is 35.5. The molecule has 102 valence electrons. The third kappa shape index (κ3) is 2.91. The zero-order valence-electron chi connectivity index (χ0n) is 10.0. The number of benzene rings is 1. The molecule has 7 heteroatoms. The van der Waals surface area contributed by atoms with Crippen LogP contribution in [0.25, 0.3) is 0 Å². The van der Waals surface area contributed by atoms with Crippen LogP contribution in [0.1, 0.15) is 6.92 Å². The molecule has 1 aromatic carbocycles. The summed E-state index contributed by atoms with van der Waals surface area (Å²) in [7, 11) is -3.70. The van der Waals surface area contributed by atoms with Gasteiger partial charge in [-0.1, -0.05) is 17.7 Å². The van der Waals surface area contributed by atoms with Gasteiger partial charge in [-0.3, -0.25) is 4.31 Å². The highest BCUT2D eigenvalue weighted by Gasteiger charge is 2.25. The smallest absolute Gasteiger partial charge is 0.266 e. The van der Waals surface area contributed by atoms with Crippen LogP contribution in [-0.2, 0) is 10.0 Å². The van der Waals surface area contributed by atoms with Gasteiger partial charge in [0.1, 0.15) is 10.0 Å². The molecule has 0 bridgehead atoms. The van der Waals surface area contributed by atoms with Crippen LogP contribution in [0.4, 0.5) is 10.1 Å². The number of thiophene rings is 1. The van der Waals surface area contributed by atoms with E-state index in [0.29, 0.717) is 10.0 Å². The van der Waals surface area contributed by atoms with Gasteiger partial charge in [-0.15, -0.1) is 11.3 Å². The molecule has 2 aromatic rings. The van der Waals surface area contributed by atoms with E-state index in [1.807, 2.05) is 0 Å². The van der Waals surface area contributed by atoms with E-state index in [2.05, 4.69) is 0 Å². The normalized spacial score (nSPS) is 11.5. The van der Waals surface area contributed by atoms with Gasteiger partial charge < -0.3 is 0 Å². The van der Waals surface area contributed by atoms with Crippen LogP contribution in [0.5, 0.6) is 0 Å². The standard InChI is InChI=1S/C12H11ClFNO2S2/c1-2-15(10-5-3-4-9(14)8-10)19(16,17)12-7-6-11(13)18-12/h3-8H,2H2,1H3. The Morgan fingerprint density at radius 1 is 1.32 bits per heavy atom. The van der Waals surface area contributed by atoms with E-state index in [-0.39, 0.29) is 10.8 Å². The average Bonchev–Trinajstić information content (AvgIpc) is 2.77. The lowest BCUT2D eigenvalue weighted by Gasteiger charge is -2.21. The van der Waals surface area contributed by atoms with Gasteiger partial charge in [-0.25, -0.2) is 12.8 Å². The summed E-state index contributed by atoms with van der Waals surface area (Å²) in [6.07, 6.45) is 0. The van der Waals surface area contributed by atoms with E-state index in [1.165, 1.54) is 30.3 Å². The second kappa shape index (κ2) is 5.48. The van der Waals surface area contributed by atoms with Gasteiger partial charge in [-0.2, -0.15) is 0 Å². The van der Waals surface area contributed by atoms with Crippen molar-refractivity contribution in [1.29, 1.82) is 0 Å². The minimum Gasteiger partial charge on any atom is -0.266 e. The van der Waals surface area contributed by atoms with E-state index in [4.69, 9.17) is 11.6 Å². The van der Waals surface area contributed by atoms with Crippen molar-refractivity contribution in [3.8, 4) is 0 Å². The van der Waals surface area contributed by atoms with Crippen LogP contribution in [-0.4, -0.2) is 15.0 Å². The Hall–Kier alpha value is -1.11. The molecule has 0 radical (unpaired) electrons. The van der Waals surface area contributed by atoms with Crippen LogP contribution in [0.15, 0.2) is 40.6 Å². The molecule has 0 saturated heterocycles. The number of hydrogen-bond acceptors (Lipinski definition) is 3. The van der Waals surface area contributed by atoms with Gasteiger partial charge in [0.05, 0.1) is 10.0 Å². The Bertz CT molecular complexity index is 685. The SMILES string of the molecule is CCN(c1cccc(F)c1)S(=O)(=O)c1ccc(Cl)s1. The minimum atomic E-state index is -3.70. The first-order valence-electron chi connectivity index (χ1n) is 5.49. The van der Waals surface area contributed by atoms with Gasteiger partial charge in [-0.05, 0) is 37.3 Å². The van der Waals surface area contributed by atoms with Crippen molar-refractivity contribution in [1.82, 2.24) is 0 Å². The molecule has 1 aromatic heterocycles. The van der Waals surface area contributed by atoms with Gasteiger partial charge in [0, 0.05) is 6.54 Å². The third-order valence-electron chi connectivity index (χ3n) is 2.48. The molecule has 0 amide bonds. The Kier molecular flexibility index (Phi) is 4.13. The number of halogens is 2. The molecule has 0 atom stereocenters. The van der Waals surface area contributed by atoms with E-state index in [9.17, 15) is 12.8 Å². The van der Waals surface area contributed by atoms with E-state index >= 15 is 0 Å². The zero-order valence-corrected chi connectivity index (χ0v) is 12.4. The fourth-order valence-electron chi connectivity index (χ4n) is 1.67. The summed E-state index contributed by atoms with van der Waals surface area (Å²) in [5, 5.41) is 0. The molecule has 0 N–H and O–H groups in total. The molecule has 3 nitrogen and oxygen atoms in total. The Morgan fingerprint density at radius 2 is 2.05 bits per heavy atom. The maximum atomic E-state index is 13.2. The van der Waals surface area contributed by atoms with Gasteiger partial charge >= 0.3 is 0 Å². The third-order valence-corrected chi connectivity index (χ3v) is 6.08. The molecule has 19 heavy (non-hydrogen) atoms. The topological polar surface area (TPSA) is 37.4 Å². The van der Waals surface area contributed by atoms with Crippen LogP contribution in [0.2, 0.25) is 4.34 Å². The molecule has 0 aliphatic heterocycles. The Morgan fingerprint density at radius 3 is 2.58 bits per heavy atom. The summed E-state index contributed by atoms with van der Waals surface area (Å²) < 4.78 is 39.8. The van der Waals surface area contributed by atoms with Crippen molar-refractivity contribution in [3.63, 3.8) is 0 Å². The first-order valence-corrected chi connectivity index (χ1v) is 8.12. The van der Waals surface area contributed by atoms with Crippen molar-refractivity contribution in [3.05, 3.63) is 46.6 Å². The molecule has 0 unspecified atom stereocenters. The van der Waals surface area contributed by atoms with E-state index in [1.54, 1.807) is 13.0 Å². The summed E-state index contributed by atoms with van der Waals surface area (Å²) in [6.45, 7) is 1.90. The summed E-state index contributed by atoms with van der Waals surface area (Å²) in [5.41, 5.74) is 0.298. The average molecular weight is 320 g/mol. The fourth-order valence-corrected chi connectivity index (χ4v) is 4.73. The highest BCUT2D eigenvalue weighted by molar-refractivity contribution is 7.94. The first kappa shape index (κ1) is 14.3. The van der Waals surface area contributed by atoms with Crippen LogP contribution < -0.4 is 4.31 Å². The number of anilines is 1. The maximum absolute atomic E-state index is 13.2. The van der Waals surface area contributed by atoms with Crippen molar-refractivity contribution in [2.24, 2.45) is 0 Å². The predicted molar refractivity (Wildman–Crippen MR) is 75.9 cm³/mol. The summed E-state index contributed by atoms with van der Waals surface area (Å²) in [6, 6.07) is 8.47. The molecule has 0 aliphatic carbocycles. The van der Waals surface area contributed by atoms with Crippen molar-refractivity contribution < 1.29 is 12.8 Å². The molecule has 0 fully saturated rings. The van der Waals surface area contributed by atoms with Gasteiger partial charge in [0.25, 0.3) is 10.0 Å². The lowest BCUT2D eigenvalue weighted by atomic mass is 10.3. The molecule has 0 aliphatic rings. The number of nitrogens with zero attached hydrogens (tertiary/aromatic N) is 1. The lowest BCUT2D eigenvalue weighted by Crippen LogP contribution is -2.30. The number of hydrogen-bond donors (Lipinski definition) is 0. The van der Waals surface area contributed by atoms with Gasteiger partial charge in [0.2, 0.25) is 0 Å². The molecular formula is C12H11ClFNO2S2. The molecular weight excluding hydrogens is 309 g/mol. The Labute approximate surface area is 120 Å². The summed E-state index contributed by atoms with van der Waals surface area (Å²) >= 11 is 6.74. The molecule has 0 saturated carbocycles. The van der Waals surface area contributed by atoms with Crippen LogP contribution in [0.3, 0.4) is 0 Å². The van der Waals surface area contributed by atoms with Crippen LogP contribution in [0, 0.1) is 5.82 Å². The predicted octanol–water partition coefficient (Wildman–Crippen LogP) is 3.76. The first-order chi connectivity index (χ1) is 8.95.